The molecule has 0 heterocycles. The molecular formula is C11H16N4O4. The summed E-state index contributed by atoms with van der Waals surface area (Å²) in [6.45, 7) is 0.755. The van der Waals surface area contributed by atoms with Gasteiger partial charge in [0.25, 0.3) is 11.6 Å². The Hall–Kier alpha value is -2.19. The van der Waals surface area contributed by atoms with E-state index in [1.807, 2.05) is 0 Å². The van der Waals surface area contributed by atoms with Crippen LogP contribution in [0, 0.1) is 10.1 Å². The number of carbonyl (C=O) groups is 1. The quantitative estimate of drug-likeness (QED) is 0.444. The van der Waals surface area contributed by atoms with Crippen LogP contribution in [-0.4, -0.2) is 43.0 Å². The Morgan fingerprint density at radius 2 is 2.26 bits per heavy atom. The highest BCUT2D eigenvalue weighted by Crippen LogP contribution is 2.27. The molecule has 0 bridgehead atoms. The van der Waals surface area contributed by atoms with Gasteiger partial charge in [0, 0.05) is 26.8 Å². The lowest BCUT2D eigenvalue weighted by Crippen LogP contribution is -2.31. The van der Waals surface area contributed by atoms with Gasteiger partial charge in [-0.15, -0.1) is 0 Å². The SMILES string of the molecule is COCCN(C)C(=O)c1cccc([N+](=O)[O-])c1NN. The summed E-state index contributed by atoms with van der Waals surface area (Å²) in [5, 5.41) is 10.9. The summed E-state index contributed by atoms with van der Waals surface area (Å²) in [5.74, 6) is 4.91. The Labute approximate surface area is 110 Å². The van der Waals surface area contributed by atoms with Crippen molar-refractivity contribution < 1.29 is 14.5 Å². The van der Waals surface area contributed by atoms with Crippen LogP contribution in [0.25, 0.3) is 0 Å². The number of benzene rings is 1. The summed E-state index contributed by atoms with van der Waals surface area (Å²) in [4.78, 5) is 23.8. The molecule has 0 aromatic heterocycles. The second-order valence-electron chi connectivity index (χ2n) is 3.82. The van der Waals surface area contributed by atoms with Crippen LogP contribution in [0.4, 0.5) is 11.4 Å². The standard InChI is InChI=1S/C11H16N4O4/c1-14(6-7-19-2)11(16)8-4-3-5-9(15(17)18)10(8)13-12/h3-5,13H,6-7,12H2,1-2H3. The van der Waals surface area contributed by atoms with Crippen LogP contribution in [0.2, 0.25) is 0 Å². The number of carbonyl (C=O) groups excluding carboxylic acids is 1. The molecule has 19 heavy (non-hydrogen) atoms. The third-order valence-corrected chi connectivity index (χ3v) is 2.59. The molecule has 1 aromatic carbocycles. The number of nitrogens with two attached hydrogens (primary N) is 1. The van der Waals surface area contributed by atoms with E-state index in [2.05, 4.69) is 5.43 Å². The number of nitro groups is 1. The van der Waals surface area contributed by atoms with Crippen LogP contribution in [0.5, 0.6) is 0 Å². The number of nitrogens with zero attached hydrogens (tertiary/aromatic N) is 2. The molecule has 0 aliphatic rings. The number of nitro benzene ring substituents is 1. The third kappa shape index (κ3) is 3.39. The zero-order valence-electron chi connectivity index (χ0n) is 10.8. The number of methoxy groups -OCH3 is 1. The van der Waals surface area contributed by atoms with E-state index in [4.69, 9.17) is 10.6 Å². The smallest absolute Gasteiger partial charge is 0.294 e. The van der Waals surface area contributed by atoms with Crippen molar-refractivity contribution in [1.82, 2.24) is 4.90 Å². The minimum atomic E-state index is -0.596. The lowest BCUT2D eigenvalue weighted by atomic mass is 10.1. The molecule has 0 saturated carbocycles. The zero-order chi connectivity index (χ0) is 14.4. The highest BCUT2D eigenvalue weighted by atomic mass is 16.6. The molecule has 1 amide bonds. The number of nitrogen functional groups attached to an aromatic ring is 1. The number of hydrogen-bond acceptors (Lipinski definition) is 6. The minimum Gasteiger partial charge on any atom is -0.383 e. The number of amides is 1. The minimum absolute atomic E-state index is 0.00164. The molecule has 0 saturated heterocycles. The number of ether oxygens (including phenoxy) is 1. The van der Waals surface area contributed by atoms with Crippen molar-refractivity contribution in [2.45, 2.75) is 0 Å². The second kappa shape index (κ2) is 6.66. The summed E-state index contributed by atoms with van der Waals surface area (Å²) in [5.41, 5.74) is 2.12. The molecule has 0 fully saturated rings. The molecule has 0 aliphatic heterocycles. The molecular weight excluding hydrogens is 252 g/mol. The summed E-state index contributed by atoms with van der Waals surface area (Å²) in [6, 6.07) is 4.20. The lowest BCUT2D eigenvalue weighted by Gasteiger charge is -2.18. The van der Waals surface area contributed by atoms with Gasteiger partial charge in [0.15, 0.2) is 0 Å². The molecule has 0 atom stereocenters. The van der Waals surface area contributed by atoms with Gasteiger partial charge < -0.3 is 15.1 Å². The maximum absolute atomic E-state index is 12.2. The number of likely N-dealkylation sites (N-methyl/N-ethyl adjacent to an activating group) is 1. The van der Waals surface area contributed by atoms with Crippen molar-refractivity contribution in [3.8, 4) is 0 Å². The number of hydrazine groups is 1. The van der Waals surface area contributed by atoms with Crippen molar-refractivity contribution in [3.05, 3.63) is 33.9 Å². The predicted octanol–water partition coefficient (Wildman–Crippen LogP) is 0.599. The molecule has 3 N–H and O–H groups in total. The first-order valence-electron chi connectivity index (χ1n) is 5.51. The molecule has 0 unspecified atom stereocenters. The summed E-state index contributed by atoms with van der Waals surface area (Å²) >= 11 is 0. The van der Waals surface area contributed by atoms with Crippen LogP contribution in [0.15, 0.2) is 18.2 Å². The Morgan fingerprint density at radius 1 is 1.58 bits per heavy atom. The van der Waals surface area contributed by atoms with E-state index in [0.29, 0.717) is 13.2 Å². The van der Waals surface area contributed by atoms with Crippen molar-refractivity contribution in [1.29, 1.82) is 0 Å². The Kier molecular flexibility index (Phi) is 5.22. The largest absolute Gasteiger partial charge is 0.383 e. The average Bonchev–Trinajstić information content (AvgIpc) is 2.42. The lowest BCUT2D eigenvalue weighted by molar-refractivity contribution is -0.384. The Balaban J connectivity index is 3.09. The van der Waals surface area contributed by atoms with Gasteiger partial charge in [-0.2, -0.15) is 0 Å². The highest BCUT2D eigenvalue weighted by Gasteiger charge is 2.22. The van der Waals surface area contributed by atoms with E-state index in [-0.39, 0.29) is 22.8 Å². The van der Waals surface area contributed by atoms with Gasteiger partial charge >= 0.3 is 0 Å². The summed E-state index contributed by atoms with van der Waals surface area (Å²) < 4.78 is 4.87. The maximum Gasteiger partial charge on any atom is 0.294 e. The normalized spacial score (nSPS) is 10.1. The van der Waals surface area contributed by atoms with Crippen molar-refractivity contribution in [3.63, 3.8) is 0 Å². The fourth-order valence-electron chi connectivity index (χ4n) is 1.56. The Bertz CT molecular complexity index is 478. The summed E-state index contributed by atoms with van der Waals surface area (Å²) in [7, 11) is 3.11. The van der Waals surface area contributed by atoms with Gasteiger partial charge in [0.05, 0.1) is 17.1 Å². The van der Waals surface area contributed by atoms with Gasteiger partial charge in [0.2, 0.25) is 0 Å². The number of hydrogen-bond donors (Lipinski definition) is 2. The van der Waals surface area contributed by atoms with E-state index in [0.717, 1.165) is 0 Å². The number of rotatable bonds is 6. The van der Waals surface area contributed by atoms with Gasteiger partial charge in [-0.3, -0.25) is 20.8 Å². The van der Waals surface area contributed by atoms with E-state index in [9.17, 15) is 14.9 Å². The van der Waals surface area contributed by atoms with Crippen molar-refractivity contribution >= 4 is 17.3 Å². The first-order chi connectivity index (χ1) is 9.02. The molecule has 0 spiro atoms. The maximum atomic E-state index is 12.2. The van der Waals surface area contributed by atoms with Crippen LogP contribution in [0.1, 0.15) is 10.4 Å². The molecule has 1 rings (SSSR count). The molecule has 104 valence electrons. The topological polar surface area (TPSA) is 111 Å². The molecule has 0 aliphatic carbocycles. The highest BCUT2D eigenvalue weighted by molar-refractivity contribution is 6.01. The van der Waals surface area contributed by atoms with E-state index >= 15 is 0 Å². The van der Waals surface area contributed by atoms with E-state index in [1.165, 1.54) is 30.2 Å². The van der Waals surface area contributed by atoms with Crippen molar-refractivity contribution in [2.75, 3.05) is 32.7 Å². The molecule has 1 aromatic rings. The van der Waals surface area contributed by atoms with Crippen LogP contribution >= 0.6 is 0 Å². The fraction of sp³-hybridized carbons (Fsp3) is 0.364. The van der Waals surface area contributed by atoms with Gasteiger partial charge in [0.1, 0.15) is 5.69 Å². The van der Waals surface area contributed by atoms with Gasteiger partial charge in [-0.25, -0.2) is 0 Å². The van der Waals surface area contributed by atoms with Crippen LogP contribution < -0.4 is 11.3 Å². The van der Waals surface area contributed by atoms with Crippen LogP contribution in [-0.2, 0) is 4.74 Å². The second-order valence-corrected chi connectivity index (χ2v) is 3.82. The molecule has 8 nitrogen and oxygen atoms in total. The monoisotopic (exact) mass is 268 g/mol. The summed E-state index contributed by atoms with van der Waals surface area (Å²) in [6.07, 6.45) is 0. The Morgan fingerprint density at radius 3 is 2.79 bits per heavy atom. The number of para-hydroxylation sites is 1. The zero-order valence-corrected chi connectivity index (χ0v) is 10.8. The van der Waals surface area contributed by atoms with Gasteiger partial charge in [-0.1, -0.05) is 6.07 Å². The van der Waals surface area contributed by atoms with E-state index in [1.54, 1.807) is 7.05 Å². The fourth-order valence-corrected chi connectivity index (χ4v) is 1.56. The van der Waals surface area contributed by atoms with Crippen molar-refractivity contribution in [2.24, 2.45) is 5.84 Å². The van der Waals surface area contributed by atoms with Gasteiger partial charge in [-0.05, 0) is 6.07 Å². The molecule has 8 heteroatoms. The molecule has 0 radical (unpaired) electrons. The average molecular weight is 268 g/mol. The van der Waals surface area contributed by atoms with E-state index < -0.39 is 4.92 Å². The number of nitrogens with one attached hydrogen (secondary N) is 1. The third-order valence-electron chi connectivity index (χ3n) is 2.59. The van der Waals surface area contributed by atoms with Crippen LogP contribution in [0.3, 0.4) is 0 Å². The number of anilines is 1. The first kappa shape index (κ1) is 14.9. The first-order valence-corrected chi connectivity index (χ1v) is 5.51. The predicted molar refractivity (Wildman–Crippen MR) is 69.7 cm³/mol.